The van der Waals surface area contributed by atoms with Crippen molar-refractivity contribution in [3.8, 4) is 0 Å². The molecule has 1 aliphatic heterocycles. The molecule has 1 aromatic heterocycles. The van der Waals surface area contributed by atoms with Crippen molar-refractivity contribution in [3.05, 3.63) is 16.8 Å². The second-order valence-corrected chi connectivity index (χ2v) is 6.06. The van der Waals surface area contributed by atoms with Crippen LogP contribution in [0, 0.1) is 19.8 Å². The molecule has 2 N–H and O–H groups in total. The van der Waals surface area contributed by atoms with Crippen LogP contribution in [0.2, 0.25) is 0 Å². The number of carbonyl (C=O) groups is 1. The summed E-state index contributed by atoms with van der Waals surface area (Å²) in [5.41, 5.74) is 1.57. The van der Waals surface area contributed by atoms with E-state index in [0.29, 0.717) is 29.0 Å². The largest absolute Gasteiger partial charge is 0.478 e. The number of hydrogen-bond donors (Lipinski definition) is 2. The Bertz CT molecular complexity index is 531. The van der Waals surface area contributed by atoms with Gasteiger partial charge in [-0.1, -0.05) is 0 Å². The van der Waals surface area contributed by atoms with Crippen LogP contribution in [0.25, 0.3) is 0 Å². The zero-order chi connectivity index (χ0) is 15.6. The minimum absolute atomic E-state index is 0.237. The number of likely N-dealkylation sites (tertiary alicyclic amines) is 1. The van der Waals surface area contributed by atoms with E-state index in [0.717, 1.165) is 26.1 Å². The number of nitrogens with one attached hydrogen (secondary N) is 1. The van der Waals surface area contributed by atoms with Crippen molar-refractivity contribution in [2.45, 2.75) is 40.2 Å². The molecule has 0 bridgehead atoms. The van der Waals surface area contributed by atoms with Crippen molar-refractivity contribution in [2.75, 3.05) is 25.0 Å². The predicted molar refractivity (Wildman–Crippen MR) is 81.8 cm³/mol. The SMILES string of the molecule is Cc1nnc(NCC2CCN(C(C)C)C2)c(C(=O)O)c1C. The Kier molecular flexibility index (Phi) is 4.77. The highest BCUT2D eigenvalue weighted by molar-refractivity contribution is 5.94. The van der Waals surface area contributed by atoms with Gasteiger partial charge in [0.15, 0.2) is 5.82 Å². The summed E-state index contributed by atoms with van der Waals surface area (Å²) in [6.45, 7) is 10.8. The van der Waals surface area contributed by atoms with E-state index in [-0.39, 0.29) is 5.56 Å². The van der Waals surface area contributed by atoms with E-state index in [1.165, 1.54) is 0 Å². The Morgan fingerprint density at radius 2 is 2.14 bits per heavy atom. The number of nitrogens with zero attached hydrogens (tertiary/aromatic N) is 3. The van der Waals surface area contributed by atoms with Crippen LogP contribution in [0.1, 0.15) is 41.9 Å². The van der Waals surface area contributed by atoms with Gasteiger partial charge in [-0.15, -0.1) is 5.10 Å². The van der Waals surface area contributed by atoms with Crippen LogP contribution < -0.4 is 5.32 Å². The van der Waals surface area contributed by atoms with Crippen molar-refractivity contribution >= 4 is 11.8 Å². The van der Waals surface area contributed by atoms with Crippen LogP contribution in [0.15, 0.2) is 0 Å². The van der Waals surface area contributed by atoms with Gasteiger partial charge in [0.05, 0.1) is 5.69 Å². The fourth-order valence-corrected chi connectivity index (χ4v) is 2.73. The minimum Gasteiger partial charge on any atom is -0.478 e. The molecular weight excluding hydrogens is 268 g/mol. The van der Waals surface area contributed by atoms with Crippen molar-refractivity contribution in [3.63, 3.8) is 0 Å². The number of rotatable bonds is 5. The molecule has 0 spiro atoms. The normalized spacial score (nSPS) is 19.2. The standard InChI is InChI=1S/C15H24N4O2/c1-9(2)19-6-5-12(8-19)7-16-14-13(15(20)21)10(3)11(4)17-18-14/h9,12H,5-8H2,1-4H3,(H,16,18)(H,20,21). The van der Waals surface area contributed by atoms with Gasteiger partial charge >= 0.3 is 5.97 Å². The average Bonchev–Trinajstić information content (AvgIpc) is 2.88. The van der Waals surface area contributed by atoms with E-state index < -0.39 is 5.97 Å². The van der Waals surface area contributed by atoms with Gasteiger partial charge in [0.25, 0.3) is 0 Å². The second-order valence-electron chi connectivity index (χ2n) is 6.06. The maximum atomic E-state index is 11.4. The van der Waals surface area contributed by atoms with Gasteiger partial charge in [-0.05, 0) is 52.1 Å². The smallest absolute Gasteiger partial charge is 0.339 e. The van der Waals surface area contributed by atoms with Crippen molar-refractivity contribution in [1.29, 1.82) is 0 Å². The Hall–Kier alpha value is -1.69. The third kappa shape index (κ3) is 3.50. The van der Waals surface area contributed by atoms with Crippen molar-refractivity contribution in [2.24, 2.45) is 5.92 Å². The maximum absolute atomic E-state index is 11.4. The number of aromatic nitrogens is 2. The Morgan fingerprint density at radius 1 is 1.43 bits per heavy atom. The van der Waals surface area contributed by atoms with E-state index in [4.69, 9.17) is 0 Å². The van der Waals surface area contributed by atoms with E-state index in [1.54, 1.807) is 13.8 Å². The van der Waals surface area contributed by atoms with Crippen LogP contribution in [0.4, 0.5) is 5.82 Å². The molecule has 2 rings (SSSR count). The van der Waals surface area contributed by atoms with Crippen LogP contribution in [-0.2, 0) is 0 Å². The van der Waals surface area contributed by atoms with Gasteiger partial charge < -0.3 is 15.3 Å². The molecule has 0 saturated carbocycles. The lowest BCUT2D eigenvalue weighted by Gasteiger charge is -2.20. The van der Waals surface area contributed by atoms with Gasteiger partial charge in [0.2, 0.25) is 0 Å². The minimum atomic E-state index is -0.955. The number of carboxylic acid groups (broad SMARTS) is 1. The molecule has 0 aromatic carbocycles. The maximum Gasteiger partial charge on any atom is 0.339 e. The van der Waals surface area contributed by atoms with Crippen LogP contribution in [0.3, 0.4) is 0 Å². The second kappa shape index (κ2) is 6.39. The molecule has 6 heteroatoms. The lowest BCUT2D eigenvalue weighted by molar-refractivity contribution is 0.0696. The molecule has 6 nitrogen and oxygen atoms in total. The zero-order valence-electron chi connectivity index (χ0n) is 13.2. The average molecular weight is 292 g/mol. The molecular formula is C15H24N4O2. The molecule has 116 valence electrons. The van der Waals surface area contributed by atoms with Gasteiger partial charge in [-0.2, -0.15) is 5.10 Å². The van der Waals surface area contributed by atoms with Crippen molar-refractivity contribution < 1.29 is 9.90 Å². The first-order valence-corrected chi connectivity index (χ1v) is 7.45. The highest BCUT2D eigenvalue weighted by Gasteiger charge is 2.25. The number of aryl methyl sites for hydroxylation is 1. The van der Waals surface area contributed by atoms with Gasteiger partial charge in [0.1, 0.15) is 5.56 Å². The number of carboxylic acids is 1. The fourth-order valence-electron chi connectivity index (χ4n) is 2.73. The first kappa shape index (κ1) is 15.7. The number of hydrogen-bond acceptors (Lipinski definition) is 5. The molecule has 1 aliphatic rings. The summed E-state index contributed by atoms with van der Waals surface area (Å²) in [7, 11) is 0. The van der Waals surface area contributed by atoms with E-state index in [2.05, 4.69) is 34.3 Å². The molecule has 0 radical (unpaired) electrons. The Labute approximate surface area is 125 Å². The molecule has 1 fully saturated rings. The summed E-state index contributed by atoms with van der Waals surface area (Å²) in [6, 6.07) is 0.561. The summed E-state index contributed by atoms with van der Waals surface area (Å²) < 4.78 is 0. The first-order valence-electron chi connectivity index (χ1n) is 7.45. The lowest BCUT2D eigenvalue weighted by Crippen LogP contribution is -2.29. The van der Waals surface area contributed by atoms with E-state index in [9.17, 15) is 9.90 Å². The van der Waals surface area contributed by atoms with Crippen LogP contribution >= 0.6 is 0 Å². The number of aromatic carboxylic acids is 1. The lowest BCUT2D eigenvalue weighted by atomic mass is 10.1. The van der Waals surface area contributed by atoms with Crippen molar-refractivity contribution in [1.82, 2.24) is 15.1 Å². The summed E-state index contributed by atoms with van der Waals surface area (Å²) >= 11 is 0. The molecule has 2 heterocycles. The summed E-state index contributed by atoms with van der Waals surface area (Å²) in [5.74, 6) is -0.0470. The monoisotopic (exact) mass is 292 g/mol. The third-order valence-electron chi connectivity index (χ3n) is 4.27. The quantitative estimate of drug-likeness (QED) is 0.863. The molecule has 1 aromatic rings. The van der Waals surface area contributed by atoms with Gasteiger partial charge in [-0.3, -0.25) is 0 Å². The first-order chi connectivity index (χ1) is 9.90. The molecule has 1 unspecified atom stereocenters. The summed E-state index contributed by atoms with van der Waals surface area (Å²) in [4.78, 5) is 13.9. The highest BCUT2D eigenvalue weighted by Crippen LogP contribution is 2.22. The van der Waals surface area contributed by atoms with Crippen LogP contribution in [0.5, 0.6) is 0 Å². The topological polar surface area (TPSA) is 78.4 Å². The van der Waals surface area contributed by atoms with E-state index in [1.807, 2.05) is 0 Å². The van der Waals surface area contributed by atoms with Gasteiger partial charge in [-0.25, -0.2) is 4.79 Å². The zero-order valence-corrected chi connectivity index (χ0v) is 13.2. The predicted octanol–water partition coefficient (Wildman–Crippen LogP) is 1.93. The molecule has 0 aliphatic carbocycles. The summed E-state index contributed by atoms with van der Waals surface area (Å²) in [5, 5.41) is 20.6. The molecule has 1 saturated heterocycles. The Balaban J connectivity index is 2.04. The molecule has 1 atom stereocenters. The number of anilines is 1. The van der Waals surface area contributed by atoms with Crippen LogP contribution in [-0.4, -0.2) is 51.8 Å². The molecule has 0 amide bonds. The van der Waals surface area contributed by atoms with Gasteiger partial charge in [0, 0.05) is 19.1 Å². The highest BCUT2D eigenvalue weighted by atomic mass is 16.4. The summed E-state index contributed by atoms with van der Waals surface area (Å²) in [6.07, 6.45) is 1.13. The Morgan fingerprint density at radius 3 is 2.71 bits per heavy atom. The molecule has 21 heavy (non-hydrogen) atoms. The van der Waals surface area contributed by atoms with E-state index >= 15 is 0 Å². The fraction of sp³-hybridized carbons (Fsp3) is 0.667. The third-order valence-corrected chi connectivity index (χ3v) is 4.27.